The van der Waals surface area contributed by atoms with E-state index in [9.17, 15) is 0 Å². The smallest absolute Gasteiger partial charge is 0.213 e. The largest absolute Gasteiger partial charge is 0.472 e. The molecule has 18 heavy (non-hydrogen) atoms. The molecule has 0 unspecified atom stereocenters. The average Bonchev–Trinajstić information content (AvgIpc) is 3.09. The first-order valence-electron chi connectivity index (χ1n) is 6.25. The van der Waals surface area contributed by atoms with Gasteiger partial charge in [-0.25, -0.2) is 4.98 Å². The van der Waals surface area contributed by atoms with Gasteiger partial charge in [0.1, 0.15) is 6.61 Å². The van der Waals surface area contributed by atoms with E-state index in [1.165, 1.54) is 17.7 Å². The van der Waals surface area contributed by atoms with Crippen molar-refractivity contribution in [2.45, 2.75) is 32.0 Å². The molecule has 2 heterocycles. The highest BCUT2D eigenvalue weighted by atomic mass is 32.1. The first-order valence-corrected chi connectivity index (χ1v) is 7.12. The van der Waals surface area contributed by atoms with Gasteiger partial charge in [-0.2, -0.15) is 0 Å². The van der Waals surface area contributed by atoms with Gasteiger partial charge in [0, 0.05) is 23.5 Å². The molecule has 1 fully saturated rings. The molecule has 0 radical (unpaired) electrons. The number of rotatable bonds is 6. The Morgan fingerprint density at radius 2 is 2.22 bits per heavy atom. The Morgan fingerprint density at radius 3 is 3.00 bits per heavy atom. The normalized spacial score (nSPS) is 14.7. The molecule has 0 aromatic carbocycles. The van der Waals surface area contributed by atoms with E-state index in [2.05, 4.69) is 21.7 Å². The van der Waals surface area contributed by atoms with Crippen LogP contribution in [0.3, 0.4) is 0 Å². The van der Waals surface area contributed by atoms with Gasteiger partial charge in [-0.15, -0.1) is 11.3 Å². The van der Waals surface area contributed by atoms with Gasteiger partial charge in [0.2, 0.25) is 5.88 Å². The second-order valence-corrected chi connectivity index (χ2v) is 5.52. The molecule has 3 rings (SSSR count). The minimum absolute atomic E-state index is 0.601. The third-order valence-electron chi connectivity index (χ3n) is 2.87. The highest BCUT2D eigenvalue weighted by molar-refractivity contribution is 7.09. The summed E-state index contributed by atoms with van der Waals surface area (Å²) in [6, 6.07) is 10.8. The van der Waals surface area contributed by atoms with Crippen LogP contribution in [0.1, 0.15) is 23.4 Å². The third-order valence-corrected chi connectivity index (χ3v) is 3.72. The number of ether oxygens (including phenoxy) is 1. The van der Waals surface area contributed by atoms with Gasteiger partial charge in [-0.05, 0) is 30.4 Å². The predicted octanol–water partition coefficient (Wildman–Crippen LogP) is 2.97. The molecule has 2 aromatic heterocycles. The topological polar surface area (TPSA) is 34.2 Å². The second-order valence-electron chi connectivity index (χ2n) is 4.49. The molecule has 0 saturated heterocycles. The summed E-state index contributed by atoms with van der Waals surface area (Å²) < 4.78 is 5.69. The van der Waals surface area contributed by atoms with Crippen molar-refractivity contribution in [1.82, 2.24) is 10.3 Å². The maximum absolute atomic E-state index is 5.69. The Balaban J connectivity index is 1.55. The van der Waals surface area contributed by atoms with Gasteiger partial charge < -0.3 is 10.1 Å². The van der Waals surface area contributed by atoms with Crippen LogP contribution in [-0.4, -0.2) is 11.0 Å². The first kappa shape index (κ1) is 11.7. The quantitative estimate of drug-likeness (QED) is 0.867. The lowest BCUT2D eigenvalue weighted by molar-refractivity contribution is 0.296. The van der Waals surface area contributed by atoms with Crippen LogP contribution in [0.2, 0.25) is 0 Å². The van der Waals surface area contributed by atoms with Crippen LogP contribution in [0.15, 0.2) is 35.7 Å². The zero-order valence-corrected chi connectivity index (χ0v) is 11.0. The number of hydrogen-bond acceptors (Lipinski definition) is 4. The second kappa shape index (κ2) is 5.50. The van der Waals surface area contributed by atoms with Crippen LogP contribution in [-0.2, 0) is 13.2 Å². The Labute approximate surface area is 111 Å². The van der Waals surface area contributed by atoms with E-state index in [4.69, 9.17) is 4.74 Å². The van der Waals surface area contributed by atoms with Crippen LogP contribution < -0.4 is 10.1 Å². The minimum Gasteiger partial charge on any atom is -0.472 e. The third kappa shape index (κ3) is 3.31. The molecule has 0 bridgehead atoms. The lowest BCUT2D eigenvalue weighted by Gasteiger charge is -2.06. The summed E-state index contributed by atoms with van der Waals surface area (Å²) in [4.78, 5) is 5.71. The highest BCUT2D eigenvalue weighted by Gasteiger charge is 2.20. The molecule has 0 spiro atoms. The lowest BCUT2D eigenvalue weighted by Crippen LogP contribution is -2.16. The summed E-state index contributed by atoms with van der Waals surface area (Å²) in [6.07, 6.45) is 2.60. The van der Waals surface area contributed by atoms with E-state index < -0.39 is 0 Å². The Kier molecular flexibility index (Phi) is 3.57. The van der Waals surface area contributed by atoms with Gasteiger partial charge >= 0.3 is 0 Å². The van der Waals surface area contributed by atoms with Crippen molar-refractivity contribution >= 4 is 11.3 Å². The van der Waals surface area contributed by atoms with Crippen molar-refractivity contribution in [2.75, 3.05) is 0 Å². The SMILES string of the molecule is c1cc(CNC2CC2)nc(OCc2cccs2)c1. The monoisotopic (exact) mass is 260 g/mol. The van der Waals surface area contributed by atoms with E-state index in [-0.39, 0.29) is 0 Å². The highest BCUT2D eigenvalue weighted by Crippen LogP contribution is 2.19. The average molecular weight is 260 g/mol. The van der Waals surface area contributed by atoms with Crippen LogP contribution in [0, 0.1) is 0 Å². The van der Waals surface area contributed by atoms with Crippen molar-refractivity contribution in [1.29, 1.82) is 0 Å². The molecule has 94 valence electrons. The fourth-order valence-electron chi connectivity index (χ4n) is 1.71. The minimum atomic E-state index is 0.601. The lowest BCUT2D eigenvalue weighted by atomic mass is 10.3. The van der Waals surface area contributed by atoms with E-state index in [1.54, 1.807) is 11.3 Å². The summed E-state index contributed by atoms with van der Waals surface area (Å²) in [5, 5.41) is 5.51. The number of thiophene rings is 1. The molecule has 0 amide bonds. The molecular weight excluding hydrogens is 244 g/mol. The summed E-state index contributed by atoms with van der Waals surface area (Å²) in [5.41, 5.74) is 1.05. The molecule has 3 nitrogen and oxygen atoms in total. The van der Waals surface area contributed by atoms with Crippen molar-refractivity contribution in [3.8, 4) is 5.88 Å². The first-order chi connectivity index (χ1) is 8.90. The standard InChI is InChI=1S/C14H16N2OS/c1-3-12(9-15-11-6-7-11)16-14(5-1)17-10-13-4-2-8-18-13/h1-5,8,11,15H,6-7,9-10H2. The number of hydrogen-bond donors (Lipinski definition) is 1. The molecule has 1 aliphatic rings. The molecule has 4 heteroatoms. The summed E-state index contributed by atoms with van der Waals surface area (Å²) in [6.45, 7) is 1.44. The fourth-order valence-corrected chi connectivity index (χ4v) is 2.33. The van der Waals surface area contributed by atoms with Crippen molar-refractivity contribution in [3.05, 3.63) is 46.3 Å². The number of nitrogens with one attached hydrogen (secondary N) is 1. The molecular formula is C14H16N2OS. The molecule has 0 atom stereocenters. The van der Waals surface area contributed by atoms with Gasteiger partial charge in [-0.3, -0.25) is 0 Å². The Morgan fingerprint density at radius 1 is 1.28 bits per heavy atom. The van der Waals surface area contributed by atoms with Gasteiger partial charge in [0.05, 0.1) is 5.69 Å². The van der Waals surface area contributed by atoms with E-state index in [1.807, 2.05) is 24.3 Å². The zero-order valence-electron chi connectivity index (χ0n) is 10.1. The Hall–Kier alpha value is -1.39. The van der Waals surface area contributed by atoms with Crippen LogP contribution >= 0.6 is 11.3 Å². The Bertz CT molecular complexity index is 494. The van der Waals surface area contributed by atoms with Gasteiger partial charge in [0.25, 0.3) is 0 Å². The van der Waals surface area contributed by atoms with E-state index >= 15 is 0 Å². The summed E-state index contributed by atoms with van der Waals surface area (Å²) in [5.74, 6) is 0.707. The van der Waals surface area contributed by atoms with Crippen molar-refractivity contribution in [3.63, 3.8) is 0 Å². The molecule has 1 aliphatic carbocycles. The van der Waals surface area contributed by atoms with Crippen LogP contribution in [0.4, 0.5) is 0 Å². The summed E-state index contributed by atoms with van der Waals surface area (Å²) >= 11 is 1.70. The van der Waals surface area contributed by atoms with E-state index in [0.717, 1.165) is 12.2 Å². The fraction of sp³-hybridized carbons (Fsp3) is 0.357. The van der Waals surface area contributed by atoms with E-state index in [0.29, 0.717) is 18.5 Å². The van der Waals surface area contributed by atoms with Crippen molar-refractivity contribution in [2.24, 2.45) is 0 Å². The number of nitrogens with zero attached hydrogens (tertiary/aromatic N) is 1. The predicted molar refractivity (Wildman–Crippen MR) is 72.7 cm³/mol. The van der Waals surface area contributed by atoms with Crippen LogP contribution in [0.5, 0.6) is 5.88 Å². The van der Waals surface area contributed by atoms with Crippen LogP contribution in [0.25, 0.3) is 0 Å². The molecule has 1 saturated carbocycles. The number of pyridine rings is 1. The summed E-state index contributed by atoms with van der Waals surface area (Å²) in [7, 11) is 0. The number of aromatic nitrogens is 1. The van der Waals surface area contributed by atoms with Crippen molar-refractivity contribution < 1.29 is 4.74 Å². The molecule has 2 aromatic rings. The maximum atomic E-state index is 5.69. The maximum Gasteiger partial charge on any atom is 0.213 e. The molecule has 1 N–H and O–H groups in total. The van der Waals surface area contributed by atoms with Gasteiger partial charge in [0.15, 0.2) is 0 Å². The zero-order chi connectivity index (χ0) is 12.2. The molecule has 0 aliphatic heterocycles. The van der Waals surface area contributed by atoms with Gasteiger partial charge in [-0.1, -0.05) is 12.1 Å².